The van der Waals surface area contributed by atoms with Crippen LogP contribution in [0.1, 0.15) is 42.9 Å². The smallest absolute Gasteiger partial charge is 0.145 e. The van der Waals surface area contributed by atoms with Crippen LogP contribution in [0.4, 0.5) is 5.69 Å². The standard InChI is InChI=1S/C28H26Cl2N2O2/c29-24-6-3-7-25(30)26(24)27-23(28(34-31-27)19-8-9-19)17-33-22-12-14-32(15-13-22)21-11-10-18-4-1-2-5-20(18)16-21/h1-7,10-11,16,19,22H,8-9,12-15,17H2. The minimum absolute atomic E-state index is 0.202. The molecule has 0 radical (unpaired) electrons. The molecule has 1 saturated heterocycles. The lowest BCUT2D eigenvalue weighted by molar-refractivity contribution is 0.0246. The first-order chi connectivity index (χ1) is 16.7. The number of nitrogens with zero attached hydrogens (tertiary/aromatic N) is 2. The Balaban J connectivity index is 1.15. The summed E-state index contributed by atoms with van der Waals surface area (Å²) in [7, 11) is 0. The highest BCUT2D eigenvalue weighted by Crippen LogP contribution is 2.46. The zero-order chi connectivity index (χ0) is 23.1. The van der Waals surface area contributed by atoms with Gasteiger partial charge in [0.2, 0.25) is 0 Å². The normalized spacial score (nSPS) is 16.9. The Bertz CT molecular complexity index is 1300. The summed E-state index contributed by atoms with van der Waals surface area (Å²) in [4.78, 5) is 2.45. The summed E-state index contributed by atoms with van der Waals surface area (Å²) in [6, 6.07) is 20.7. The minimum atomic E-state index is 0.202. The monoisotopic (exact) mass is 492 g/mol. The molecule has 6 rings (SSSR count). The van der Waals surface area contributed by atoms with Gasteiger partial charge in [-0.2, -0.15) is 0 Å². The first-order valence-electron chi connectivity index (χ1n) is 12.0. The number of halogens is 2. The molecule has 2 heterocycles. The van der Waals surface area contributed by atoms with Crippen LogP contribution in [0, 0.1) is 0 Å². The van der Waals surface area contributed by atoms with Crippen molar-refractivity contribution < 1.29 is 9.26 Å². The third-order valence-corrected chi connectivity index (χ3v) is 7.60. The fourth-order valence-corrected chi connectivity index (χ4v) is 5.48. The van der Waals surface area contributed by atoms with Crippen LogP contribution in [-0.4, -0.2) is 24.4 Å². The van der Waals surface area contributed by atoms with E-state index in [1.807, 2.05) is 18.2 Å². The number of rotatable bonds is 6. The van der Waals surface area contributed by atoms with E-state index in [2.05, 4.69) is 52.5 Å². The van der Waals surface area contributed by atoms with Crippen molar-refractivity contribution in [2.75, 3.05) is 18.0 Å². The van der Waals surface area contributed by atoms with Crippen molar-refractivity contribution in [3.05, 3.63) is 82.0 Å². The molecule has 3 aromatic carbocycles. The summed E-state index contributed by atoms with van der Waals surface area (Å²) in [6.07, 6.45) is 4.43. The Morgan fingerprint density at radius 2 is 1.62 bits per heavy atom. The third kappa shape index (κ3) is 4.31. The van der Waals surface area contributed by atoms with E-state index in [0.29, 0.717) is 28.3 Å². The predicted molar refractivity (Wildman–Crippen MR) is 138 cm³/mol. The largest absolute Gasteiger partial charge is 0.373 e. The number of hydrogen-bond acceptors (Lipinski definition) is 4. The van der Waals surface area contributed by atoms with Gasteiger partial charge in [-0.25, -0.2) is 0 Å². The van der Waals surface area contributed by atoms with Crippen LogP contribution in [0.25, 0.3) is 22.0 Å². The number of anilines is 1. The Morgan fingerprint density at radius 3 is 2.35 bits per heavy atom. The van der Waals surface area contributed by atoms with Crippen LogP contribution >= 0.6 is 23.2 Å². The number of piperidine rings is 1. The first kappa shape index (κ1) is 22.0. The molecule has 2 aliphatic rings. The number of ether oxygens (including phenoxy) is 1. The zero-order valence-corrected chi connectivity index (χ0v) is 20.4. The molecule has 2 fully saturated rings. The van der Waals surface area contributed by atoms with Gasteiger partial charge in [-0.3, -0.25) is 0 Å². The van der Waals surface area contributed by atoms with Crippen LogP contribution in [0.3, 0.4) is 0 Å². The van der Waals surface area contributed by atoms with E-state index >= 15 is 0 Å². The van der Waals surface area contributed by atoms with Gasteiger partial charge in [0.1, 0.15) is 11.5 Å². The van der Waals surface area contributed by atoms with E-state index in [9.17, 15) is 0 Å². The van der Waals surface area contributed by atoms with Gasteiger partial charge in [0.15, 0.2) is 0 Å². The lowest BCUT2D eigenvalue weighted by Crippen LogP contribution is -2.37. The highest BCUT2D eigenvalue weighted by Gasteiger charge is 2.34. The Morgan fingerprint density at radius 1 is 0.882 bits per heavy atom. The summed E-state index contributed by atoms with van der Waals surface area (Å²) in [5.41, 5.74) is 3.72. The van der Waals surface area contributed by atoms with Crippen LogP contribution < -0.4 is 4.90 Å². The maximum Gasteiger partial charge on any atom is 0.145 e. The van der Waals surface area contributed by atoms with Crippen molar-refractivity contribution in [1.29, 1.82) is 0 Å². The zero-order valence-electron chi connectivity index (χ0n) is 18.8. The molecule has 4 aromatic rings. The molecule has 0 atom stereocenters. The molecular formula is C28H26Cl2N2O2. The van der Waals surface area contributed by atoms with Gasteiger partial charge >= 0.3 is 0 Å². The van der Waals surface area contributed by atoms with Gasteiger partial charge in [0.25, 0.3) is 0 Å². The predicted octanol–water partition coefficient (Wildman–Crippen LogP) is 7.86. The van der Waals surface area contributed by atoms with E-state index in [1.165, 1.54) is 16.5 Å². The molecule has 0 spiro atoms. The van der Waals surface area contributed by atoms with E-state index in [1.54, 1.807) is 0 Å². The van der Waals surface area contributed by atoms with Gasteiger partial charge in [0.05, 0.1) is 22.8 Å². The van der Waals surface area contributed by atoms with Crippen molar-refractivity contribution in [2.24, 2.45) is 0 Å². The maximum atomic E-state index is 6.49. The number of aromatic nitrogens is 1. The molecular weight excluding hydrogens is 467 g/mol. The molecule has 174 valence electrons. The van der Waals surface area contributed by atoms with Crippen LogP contribution in [-0.2, 0) is 11.3 Å². The number of benzene rings is 3. The summed E-state index contributed by atoms with van der Waals surface area (Å²) in [5.74, 6) is 1.36. The van der Waals surface area contributed by atoms with Crippen LogP contribution in [0.5, 0.6) is 0 Å². The summed E-state index contributed by atoms with van der Waals surface area (Å²) in [6.45, 7) is 2.42. The molecule has 4 nitrogen and oxygen atoms in total. The molecule has 34 heavy (non-hydrogen) atoms. The Hall–Kier alpha value is -2.53. The summed E-state index contributed by atoms with van der Waals surface area (Å²) < 4.78 is 12.2. The molecule has 0 unspecified atom stereocenters. The number of fused-ring (bicyclic) bond motifs is 1. The van der Waals surface area contributed by atoms with Gasteiger partial charge in [-0.1, -0.05) is 64.8 Å². The second-order valence-corrected chi connectivity index (χ2v) is 10.1. The van der Waals surface area contributed by atoms with E-state index in [4.69, 9.17) is 32.5 Å². The fourth-order valence-electron chi connectivity index (χ4n) is 4.90. The maximum absolute atomic E-state index is 6.49. The molecule has 6 heteroatoms. The highest BCUT2D eigenvalue weighted by molar-refractivity contribution is 6.39. The average Bonchev–Trinajstić information content (AvgIpc) is 3.63. The summed E-state index contributed by atoms with van der Waals surface area (Å²) >= 11 is 13.0. The van der Waals surface area contributed by atoms with Crippen LogP contribution in [0.15, 0.2) is 65.2 Å². The quantitative estimate of drug-likeness (QED) is 0.274. The average molecular weight is 493 g/mol. The molecule has 1 saturated carbocycles. The minimum Gasteiger partial charge on any atom is -0.373 e. The highest BCUT2D eigenvalue weighted by atomic mass is 35.5. The van der Waals surface area contributed by atoms with Crippen molar-refractivity contribution in [3.63, 3.8) is 0 Å². The van der Waals surface area contributed by atoms with Crippen molar-refractivity contribution in [3.8, 4) is 11.3 Å². The third-order valence-electron chi connectivity index (χ3n) is 6.97. The lowest BCUT2D eigenvalue weighted by Gasteiger charge is -2.33. The van der Waals surface area contributed by atoms with Crippen LogP contribution in [0.2, 0.25) is 10.0 Å². The van der Waals surface area contributed by atoms with Crippen molar-refractivity contribution >= 4 is 39.7 Å². The Kier molecular flexibility index (Phi) is 5.98. The molecule has 0 bridgehead atoms. The summed E-state index contributed by atoms with van der Waals surface area (Å²) in [5, 5.41) is 8.09. The number of hydrogen-bond donors (Lipinski definition) is 0. The second-order valence-electron chi connectivity index (χ2n) is 9.27. The van der Waals surface area contributed by atoms with Gasteiger partial charge in [0, 0.05) is 35.8 Å². The fraction of sp³-hybridized carbons (Fsp3) is 0.321. The molecule has 1 aliphatic carbocycles. The topological polar surface area (TPSA) is 38.5 Å². The van der Waals surface area contributed by atoms with E-state index < -0.39 is 0 Å². The second kappa shape index (κ2) is 9.26. The van der Waals surface area contributed by atoms with E-state index in [0.717, 1.165) is 55.7 Å². The molecule has 1 aromatic heterocycles. The molecule has 0 N–H and O–H groups in total. The van der Waals surface area contributed by atoms with Gasteiger partial charge < -0.3 is 14.2 Å². The van der Waals surface area contributed by atoms with Gasteiger partial charge in [-0.05, 0) is 60.7 Å². The Labute approximate surface area is 209 Å². The van der Waals surface area contributed by atoms with Gasteiger partial charge in [-0.15, -0.1) is 0 Å². The van der Waals surface area contributed by atoms with Crippen molar-refractivity contribution in [2.45, 2.75) is 44.3 Å². The molecule has 1 aliphatic heterocycles. The van der Waals surface area contributed by atoms with E-state index in [-0.39, 0.29) is 6.10 Å². The van der Waals surface area contributed by atoms with Crippen molar-refractivity contribution in [1.82, 2.24) is 5.16 Å². The first-order valence-corrected chi connectivity index (χ1v) is 12.7. The SMILES string of the molecule is Clc1cccc(Cl)c1-c1noc(C2CC2)c1COC1CCN(c2ccc3ccccc3c2)CC1. The molecule has 0 amide bonds. The lowest BCUT2D eigenvalue weighted by atomic mass is 10.0.